The van der Waals surface area contributed by atoms with Crippen LogP contribution in [0.2, 0.25) is 0 Å². The van der Waals surface area contributed by atoms with Gasteiger partial charge in [0.15, 0.2) is 5.78 Å². The summed E-state index contributed by atoms with van der Waals surface area (Å²) in [6, 6.07) is 2.52. The van der Waals surface area contributed by atoms with Crippen molar-refractivity contribution in [3.63, 3.8) is 0 Å². The topological polar surface area (TPSA) is 56.9 Å². The number of aromatic nitrogens is 3. The van der Waals surface area contributed by atoms with E-state index in [0.29, 0.717) is 6.04 Å². The molecule has 0 aliphatic heterocycles. The number of carbonyl (C=O) groups excluding carboxylic acids is 1. The first-order valence-electron chi connectivity index (χ1n) is 9.76. The van der Waals surface area contributed by atoms with Gasteiger partial charge in [0, 0.05) is 27.9 Å². The number of fused-ring (bicyclic) bond motifs is 3. The van der Waals surface area contributed by atoms with Crippen LogP contribution in [0.25, 0.3) is 10.2 Å². The molecule has 140 valence electrons. The van der Waals surface area contributed by atoms with Crippen molar-refractivity contribution in [2.75, 3.05) is 0 Å². The number of carbonyl (C=O) groups is 1. The number of aryl methyl sites for hydroxylation is 3. The number of hydrogen-bond donors (Lipinski definition) is 0. The maximum absolute atomic E-state index is 13.1. The van der Waals surface area contributed by atoms with E-state index in [0.717, 1.165) is 46.4 Å². The van der Waals surface area contributed by atoms with Crippen LogP contribution in [0.5, 0.6) is 0 Å². The zero-order chi connectivity index (χ0) is 18.7. The molecule has 0 radical (unpaired) electrons. The standard InChI is InChI=1S/C21H23N3O2S/c1-12-9-16(13(2)24(12)14-7-8-14)17(25)10-23-11-22-20-19(21(23)26)15-5-3-4-6-18(15)27-20/h9,11,14H,3-8,10H2,1-2H3. The van der Waals surface area contributed by atoms with E-state index in [1.54, 1.807) is 17.7 Å². The molecular weight excluding hydrogens is 358 g/mol. The first kappa shape index (κ1) is 16.9. The Balaban J connectivity index is 1.51. The largest absolute Gasteiger partial charge is 0.345 e. The predicted molar refractivity (Wildman–Crippen MR) is 107 cm³/mol. The maximum atomic E-state index is 13.1. The molecule has 27 heavy (non-hydrogen) atoms. The van der Waals surface area contributed by atoms with Gasteiger partial charge in [0.05, 0.1) is 18.3 Å². The van der Waals surface area contributed by atoms with E-state index in [1.807, 2.05) is 13.0 Å². The predicted octanol–water partition coefficient (Wildman–Crippen LogP) is 3.97. The van der Waals surface area contributed by atoms with E-state index in [4.69, 9.17) is 0 Å². The summed E-state index contributed by atoms with van der Waals surface area (Å²) in [4.78, 5) is 32.7. The highest BCUT2D eigenvalue weighted by atomic mass is 32.1. The smallest absolute Gasteiger partial charge is 0.262 e. The third-order valence-corrected chi connectivity index (χ3v) is 7.15. The molecule has 3 heterocycles. The van der Waals surface area contributed by atoms with E-state index >= 15 is 0 Å². The number of nitrogens with zero attached hydrogens (tertiary/aromatic N) is 3. The molecule has 0 N–H and O–H groups in total. The molecule has 5 nitrogen and oxygen atoms in total. The van der Waals surface area contributed by atoms with E-state index in [-0.39, 0.29) is 17.9 Å². The summed E-state index contributed by atoms with van der Waals surface area (Å²) < 4.78 is 3.77. The van der Waals surface area contributed by atoms with E-state index in [1.165, 1.54) is 34.3 Å². The van der Waals surface area contributed by atoms with Gasteiger partial charge >= 0.3 is 0 Å². The maximum Gasteiger partial charge on any atom is 0.262 e. The van der Waals surface area contributed by atoms with Gasteiger partial charge in [-0.3, -0.25) is 14.2 Å². The molecule has 0 spiro atoms. The molecule has 3 aromatic rings. The van der Waals surface area contributed by atoms with Gasteiger partial charge in [0.1, 0.15) is 4.83 Å². The van der Waals surface area contributed by atoms with Gasteiger partial charge in [0.2, 0.25) is 0 Å². The molecular formula is C21H23N3O2S. The lowest BCUT2D eigenvalue weighted by Gasteiger charge is -2.10. The average molecular weight is 382 g/mol. The second-order valence-electron chi connectivity index (χ2n) is 7.88. The number of rotatable bonds is 4. The fourth-order valence-electron chi connectivity index (χ4n) is 4.49. The van der Waals surface area contributed by atoms with Crippen LogP contribution < -0.4 is 5.56 Å². The molecule has 5 rings (SSSR count). The van der Waals surface area contributed by atoms with Crippen molar-refractivity contribution in [3.8, 4) is 0 Å². The molecule has 6 heteroatoms. The van der Waals surface area contributed by atoms with Gasteiger partial charge in [0.25, 0.3) is 5.56 Å². The van der Waals surface area contributed by atoms with Crippen LogP contribution in [0.3, 0.4) is 0 Å². The zero-order valence-electron chi connectivity index (χ0n) is 15.7. The summed E-state index contributed by atoms with van der Waals surface area (Å²) in [6.45, 7) is 4.12. The molecule has 2 aliphatic rings. The summed E-state index contributed by atoms with van der Waals surface area (Å²) in [6.07, 6.45) is 8.22. The van der Waals surface area contributed by atoms with Gasteiger partial charge in [-0.25, -0.2) is 4.98 Å². The highest BCUT2D eigenvalue weighted by Gasteiger charge is 2.28. The first-order valence-corrected chi connectivity index (χ1v) is 10.6. The third-order valence-electron chi connectivity index (χ3n) is 5.95. The molecule has 0 bridgehead atoms. The molecule has 1 saturated carbocycles. The monoisotopic (exact) mass is 381 g/mol. The molecule has 0 atom stereocenters. The van der Waals surface area contributed by atoms with Crippen molar-refractivity contribution >= 4 is 27.3 Å². The lowest BCUT2D eigenvalue weighted by Crippen LogP contribution is -2.25. The van der Waals surface area contributed by atoms with Crippen LogP contribution in [0, 0.1) is 13.8 Å². The van der Waals surface area contributed by atoms with Crippen LogP contribution in [-0.4, -0.2) is 19.9 Å². The Morgan fingerprint density at radius 1 is 1.26 bits per heavy atom. The lowest BCUT2D eigenvalue weighted by molar-refractivity contribution is 0.0970. The Kier molecular flexibility index (Phi) is 3.86. The minimum absolute atomic E-state index is 0.0117. The zero-order valence-corrected chi connectivity index (χ0v) is 16.6. The number of thiophene rings is 1. The molecule has 1 fully saturated rings. The summed E-state index contributed by atoms with van der Waals surface area (Å²) >= 11 is 1.64. The summed E-state index contributed by atoms with van der Waals surface area (Å²) in [7, 11) is 0. The number of ketones is 1. The van der Waals surface area contributed by atoms with E-state index < -0.39 is 0 Å². The fourth-order valence-corrected chi connectivity index (χ4v) is 5.71. The normalized spacial score (nSPS) is 16.7. The quantitative estimate of drug-likeness (QED) is 0.643. The highest BCUT2D eigenvalue weighted by molar-refractivity contribution is 7.18. The van der Waals surface area contributed by atoms with Crippen molar-refractivity contribution in [1.82, 2.24) is 14.1 Å². The minimum atomic E-state index is -0.0660. The Morgan fingerprint density at radius 3 is 2.81 bits per heavy atom. The number of hydrogen-bond acceptors (Lipinski definition) is 4. The Labute approximate surface area is 161 Å². The van der Waals surface area contributed by atoms with Crippen LogP contribution in [0.4, 0.5) is 0 Å². The van der Waals surface area contributed by atoms with Gasteiger partial charge < -0.3 is 4.57 Å². The van der Waals surface area contributed by atoms with Crippen molar-refractivity contribution in [2.24, 2.45) is 0 Å². The SMILES string of the molecule is Cc1cc(C(=O)Cn2cnc3sc4c(c3c2=O)CCCC4)c(C)n1C1CC1. The minimum Gasteiger partial charge on any atom is -0.345 e. The van der Waals surface area contributed by atoms with Crippen LogP contribution >= 0.6 is 11.3 Å². The average Bonchev–Trinajstić information content (AvgIpc) is 3.33. The second kappa shape index (κ2) is 6.16. The van der Waals surface area contributed by atoms with Gasteiger partial charge in [-0.2, -0.15) is 0 Å². The van der Waals surface area contributed by atoms with Gasteiger partial charge in [-0.15, -0.1) is 11.3 Å². The van der Waals surface area contributed by atoms with Gasteiger partial charge in [-0.1, -0.05) is 0 Å². The number of Topliss-reactive ketones (excluding diaryl/α,β-unsaturated/α-hetero) is 1. The van der Waals surface area contributed by atoms with Gasteiger partial charge in [-0.05, 0) is 64.0 Å². The molecule has 2 aliphatic carbocycles. The Hall–Kier alpha value is -2.21. The van der Waals surface area contributed by atoms with Crippen LogP contribution in [-0.2, 0) is 19.4 Å². The van der Waals surface area contributed by atoms with Crippen molar-refractivity contribution in [3.05, 3.63) is 50.1 Å². The van der Waals surface area contributed by atoms with E-state index in [9.17, 15) is 9.59 Å². The molecule has 3 aromatic heterocycles. The highest BCUT2D eigenvalue weighted by Crippen LogP contribution is 2.38. The molecule has 0 unspecified atom stereocenters. The molecule has 0 aromatic carbocycles. The van der Waals surface area contributed by atoms with E-state index in [2.05, 4.69) is 16.5 Å². The summed E-state index contributed by atoms with van der Waals surface area (Å²) in [5, 5.41) is 0.744. The van der Waals surface area contributed by atoms with Crippen molar-refractivity contribution in [2.45, 2.75) is 65.0 Å². The lowest BCUT2D eigenvalue weighted by atomic mass is 9.97. The Morgan fingerprint density at radius 2 is 2.04 bits per heavy atom. The third kappa shape index (κ3) is 2.69. The molecule has 0 amide bonds. The van der Waals surface area contributed by atoms with Crippen molar-refractivity contribution < 1.29 is 4.79 Å². The fraction of sp³-hybridized carbons (Fsp3) is 0.476. The Bertz CT molecular complexity index is 1130. The summed E-state index contributed by atoms with van der Waals surface area (Å²) in [5.74, 6) is -0.0117. The molecule has 0 saturated heterocycles. The van der Waals surface area contributed by atoms with Crippen LogP contribution in [0.15, 0.2) is 17.2 Å². The summed E-state index contributed by atoms with van der Waals surface area (Å²) in [5.41, 5.74) is 4.00. The van der Waals surface area contributed by atoms with Crippen molar-refractivity contribution in [1.29, 1.82) is 0 Å². The van der Waals surface area contributed by atoms with Crippen LogP contribution in [0.1, 0.15) is 63.9 Å². The first-order chi connectivity index (χ1) is 13.0. The second-order valence-corrected chi connectivity index (χ2v) is 8.96.